The molecule has 162 valence electrons. The molecule has 0 aliphatic carbocycles. The fourth-order valence-electron chi connectivity index (χ4n) is 3.63. The lowest BCUT2D eigenvalue weighted by atomic mass is 10.1. The number of aromatic nitrogens is 4. The minimum absolute atomic E-state index is 0.113. The molecule has 0 radical (unpaired) electrons. The number of hydrogen-bond acceptors (Lipinski definition) is 6. The van der Waals surface area contributed by atoms with E-state index >= 15 is 0 Å². The number of halogens is 1. The molecule has 4 rings (SSSR count). The van der Waals surface area contributed by atoms with Crippen LogP contribution in [0.5, 0.6) is 0 Å². The molecule has 1 aromatic carbocycles. The number of nitrogens with zero attached hydrogens (tertiary/aromatic N) is 6. The molecule has 9 heteroatoms. The predicted octanol–water partition coefficient (Wildman–Crippen LogP) is 3.68. The predicted molar refractivity (Wildman–Crippen MR) is 124 cm³/mol. The van der Waals surface area contributed by atoms with Gasteiger partial charge in [-0.3, -0.25) is 9.36 Å². The average molecular weight is 457 g/mol. The molecule has 0 bridgehead atoms. The molecule has 0 unspecified atom stereocenters. The highest BCUT2D eigenvalue weighted by Crippen LogP contribution is 2.25. The molecule has 1 aliphatic heterocycles. The van der Waals surface area contributed by atoms with Gasteiger partial charge in [-0.2, -0.15) is 0 Å². The molecule has 3 aromatic rings. The van der Waals surface area contributed by atoms with Crippen LogP contribution in [0.4, 0.5) is 5.82 Å². The summed E-state index contributed by atoms with van der Waals surface area (Å²) >= 11 is 7.36. The van der Waals surface area contributed by atoms with Crippen molar-refractivity contribution < 1.29 is 4.79 Å². The summed E-state index contributed by atoms with van der Waals surface area (Å²) in [5.41, 5.74) is 3.38. The van der Waals surface area contributed by atoms with Crippen LogP contribution in [-0.4, -0.2) is 62.5 Å². The largest absolute Gasteiger partial charge is 0.353 e. The number of thioether (sulfide) groups is 1. The van der Waals surface area contributed by atoms with E-state index in [1.165, 1.54) is 17.3 Å². The van der Waals surface area contributed by atoms with Gasteiger partial charge in [0.05, 0.1) is 16.5 Å². The summed E-state index contributed by atoms with van der Waals surface area (Å²) in [5, 5.41) is 9.93. The number of anilines is 1. The molecule has 3 heterocycles. The third kappa shape index (κ3) is 4.85. The lowest BCUT2D eigenvalue weighted by Crippen LogP contribution is -2.49. The van der Waals surface area contributed by atoms with Crippen molar-refractivity contribution in [1.82, 2.24) is 24.6 Å². The number of amides is 1. The van der Waals surface area contributed by atoms with Crippen molar-refractivity contribution in [2.24, 2.45) is 0 Å². The highest BCUT2D eigenvalue weighted by Gasteiger charge is 2.23. The first kappa shape index (κ1) is 21.6. The fraction of sp³-hybridized carbons (Fsp3) is 0.364. The minimum atomic E-state index is 0.113. The zero-order chi connectivity index (χ0) is 22.0. The van der Waals surface area contributed by atoms with Crippen LogP contribution in [-0.2, 0) is 4.79 Å². The summed E-state index contributed by atoms with van der Waals surface area (Å²) in [6.45, 7) is 8.93. The Morgan fingerprint density at radius 3 is 2.55 bits per heavy atom. The van der Waals surface area contributed by atoms with Crippen LogP contribution in [0.3, 0.4) is 0 Å². The van der Waals surface area contributed by atoms with E-state index in [0.29, 0.717) is 23.9 Å². The zero-order valence-electron chi connectivity index (χ0n) is 17.9. The second-order valence-electron chi connectivity index (χ2n) is 7.65. The third-order valence-electron chi connectivity index (χ3n) is 5.39. The SMILES string of the molecule is Cc1ccc(C)c(-n2c(C)nnc2SCC(=O)N2CCN(c3ccc(Cl)cn3)CC2)c1. The Hall–Kier alpha value is -2.58. The molecule has 0 atom stereocenters. The first-order valence-electron chi connectivity index (χ1n) is 10.2. The van der Waals surface area contributed by atoms with Gasteiger partial charge in [-0.05, 0) is 50.1 Å². The van der Waals surface area contributed by atoms with Crippen LogP contribution in [0.1, 0.15) is 17.0 Å². The van der Waals surface area contributed by atoms with E-state index in [-0.39, 0.29) is 5.91 Å². The van der Waals surface area contributed by atoms with Gasteiger partial charge in [-0.1, -0.05) is 35.5 Å². The minimum Gasteiger partial charge on any atom is -0.353 e. The van der Waals surface area contributed by atoms with E-state index in [4.69, 9.17) is 11.6 Å². The van der Waals surface area contributed by atoms with Crippen molar-refractivity contribution in [2.75, 3.05) is 36.8 Å². The molecule has 1 aliphatic rings. The van der Waals surface area contributed by atoms with Crippen LogP contribution < -0.4 is 4.90 Å². The van der Waals surface area contributed by atoms with Crippen molar-refractivity contribution >= 4 is 35.1 Å². The molecule has 1 fully saturated rings. The zero-order valence-corrected chi connectivity index (χ0v) is 19.4. The van der Waals surface area contributed by atoms with Gasteiger partial charge in [0.25, 0.3) is 0 Å². The van der Waals surface area contributed by atoms with Crippen LogP contribution >= 0.6 is 23.4 Å². The summed E-state index contributed by atoms with van der Waals surface area (Å²) < 4.78 is 2.03. The topological polar surface area (TPSA) is 67.2 Å². The Morgan fingerprint density at radius 2 is 1.84 bits per heavy atom. The Balaban J connectivity index is 1.38. The molecular formula is C22H25ClN6OS. The summed E-state index contributed by atoms with van der Waals surface area (Å²) in [7, 11) is 0. The smallest absolute Gasteiger partial charge is 0.233 e. The van der Waals surface area contributed by atoms with Gasteiger partial charge in [0.1, 0.15) is 11.6 Å². The Labute approximate surface area is 191 Å². The van der Waals surface area contributed by atoms with Gasteiger partial charge >= 0.3 is 0 Å². The van der Waals surface area contributed by atoms with E-state index in [0.717, 1.165) is 41.1 Å². The van der Waals surface area contributed by atoms with Crippen molar-refractivity contribution in [3.8, 4) is 5.69 Å². The number of aryl methyl sites for hydroxylation is 3. The Kier molecular flexibility index (Phi) is 6.48. The van der Waals surface area contributed by atoms with Crippen molar-refractivity contribution in [3.63, 3.8) is 0 Å². The quantitative estimate of drug-likeness (QED) is 0.545. The van der Waals surface area contributed by atoms with Crippen molar-refractivity contribution in [3.05, 3.63) is 58.5 Å². The van der Waals surface area contributed by atoms with Gasteiger partial charge in [0.2, 0.25) is 5.91 Å². The molecule has 1 amide bonds. The van der Waals surface area contributed by atoms with E-state index in [2.05, 4.69) is 52.1 Å². The first-order valence-corrected chi connectivity index (χ1v) is 11.6. The van der Waals surface area contributed by atoms with Crippen molar-refractivity contribution in [1.29, 1.82) is 0 Å². The molecule has 2 aromatic heterocycles. The summed E-state index contributed by atoms with van der Waals surface area (Å²) in [5.74, 6) is 2.15. The van der Waals surface area contributed by atoms with E-state index in [1.54, 1.807) is 6.20 Å². The number of benzene rings is 1. The Bertz CT molecular complexity index is 1080. The molecule has 31 heavy (non-hydrogen) atoms. The number of carbonyl (C=O) groups is 1. The van der Waals surface area contributed by atoms with Crippen LogP contribution in [0.2, 0.25) is 5.02 Å². The summed E-state index contributed by atoms with van der Waals surface area (Å²) in [4.78, 5) is 21.3. The number of piperazine rings is 1. The van der Waals surface area contributed by atoms with E-state index < -0.39 is 0 Å². The number of rotatable bonds is 5. The number of hydrogen-bond donors (Lipinski definition) is 0. The fourth-order valence-corrected chi connectivity index (χ4v) is 4.64. The molecule has 0 N–H and O–H groups in total. The lowest BCUT2D eigenvalue weighted by molar-refractivity contribution is -0.128. The van der Waals surface area contributed by atoms with E-state index in [1.807, 2.05) is 28.5 Å². The number of carbonyl (C=O) groups excluding carboxylic acids is 1. The van der Waals surface area contributed by atoms with Gasteiger partial charge in [0, 0.05) is 32.4 Å². The highest BCUT2D eigenvalue weighted by atomic mass is 35.5. The van der Waals surface area contributed by atoms with Gasteiger partial charge in [-0.25, -0.2) is 4.98 Å². The number of pyridine rings is 1. The van der Waals surface area contributed by atoms with Crippen LogP contribution in [0.15, 0.2) is 41.7 Å². The monoisotopic (exact) mass is 456 g/mol. The second kappa shape index (κ2) is 9.28. The summed E-state index contributed by atoms with van der Waals surface area (Å²) in [6, 6.07) is 10.1. The Morgan fingerprint density at radius 1 is 1.06 bits per heavy atom. The maximum absolute atomic E-state index is 12.8. The third-order valence-corrected chi connectivity index (χ3v) is 6.53. The molecule has 7 nitrogen and oxygen atoms in total. The first-order chi connectivity index (χ1) is 14.9. The molecule has 0 saturated carbocycles. The van der Waals surface area contributed by atoms with Gasteiger partial charge in [-0.15, -0.1) is 10.2 Å². The van der Waals surface area contributed by atoms with Crippen molar-refractivity contribution in [2.45, 2.75) is 25.9 Å². The van der Waals surface area contributed by atoms with Gasteiger partial charge < -0.3 is 9.80 Å². The standard InChI is InChI=1S/C22H25ClN6OS/c1-15-4-5-16(2)19(12-15)29-17(3)25-26-22(29)31-14-21(30)28-10-8-27(9-11-28)20-7-6-18(23)13-24-20/h4-7,12-13H,8-11,14H2,1-3H3. The highest BCUT2D eigenvalue weighted by molar-refractivity contribution is 7.99. The average Bonchev–Trinajstić information content (AvgIpc) is 3.14. The maximum atomic E-state index is 12.8. The maximum Gasteiger partial charge on any atom is 0.233 e. The van der Waals surface area contributed by atoms with Gasteiger partial charge in [0.15, 0.2) is 5.16 Å². The second-order valence-corrected chi connectivity index (χ2v) is 9.03. The summed E-state index contributed by atoms with van der Waals surface area (Å²) in [6.07, 6.45) is 1.65. The molecular weight excluding hydrogens is 432 g/mol. The van der Waals surface area contributed by atoms with Crippen LogP contribution in [0.25, 0.3) is 5.69 Å². The molecule has 0 spiro atoms. The normalized spacial score (nSPS) is 14.2. The van der Waals surface area contributed by atoms with Crippen LogP contribution in [0, 0.1) is 20.8 Å². The molecule has 1 saturated heterocycles. The lowest BCUT2D eigenvalue weighted by Gasteiger charge is -2.35. The van der Waals surface area contributed by atoms with E-state index in [9.17, 15) is 4.79 Å².